The van der Waals surface area contributed by atoms with Gasteiger partial charge in [-0.2, -0.15) is 13.2 Å². The van der Waals surface area contributed by atoms with Crippen LogP contribution in [0.15, 0.2) is 6.20 Å². The molecule has 3 nitrogen and oxygen atoms in total. The van der Waals surface area contributed by atoms with Crippen molar-refractivity contribution in [3.8, 4) is 0 Å². The van der Waals surface area contributed by atoms with E-state index >= 15 is 0 Å². The molecule has 1 atom stereocenters. The number of nitrogens with two attached hydrogens (primary N) is 1. The van der Waals surface area contributed by atoms with E-state index in [1.54, 1.807) is 0 Å². The smallest absolute Gasteiger partial charge is 0.375 e. The average Bonchev–Trinajstić information content (AvgIpc) is 2.55. The molecule has 1 rings (SSSR count). The van der Waals surface area contributed by atoms with Gasteiger partial charge in [0.2, 0.25) is 0 Å². The SMILES string of the molecule is CC(C)(C)CCNC(c1cnc(N)s1)C(F)(F)F. The van der Waals surface area contributed by atoms with Gasteiger partial charge in [0.05, 0.1) is 4.88 Å². The van der Waals surface area contributed by atoms with E-state index in [-0.39, 0.29) is 15.4 Å². The molecule has 1 unspecified atom stereocenters. The number of rotatable bonds is 4. The van der Waals surface area contributed by atoms with Crippen molar-refractivity contribution < 1.29 is 13.2 Å². The van der Waals surface area contributed by atoms with Crippen LogP contribution in [0.3, 0.4) is 0 Å². The summed E-state index contributed by atoms with van der Waals surface area (Å²) in [6, 6.07) is -1.69. The van der Waals surface area contributed by atoms with Crippen LogP contribution in [-0.2, 0) is 0 Å². The van der Waals surface area contributed by atoms with Crippen molar-refractivity contribution in [3.63, 3.8) is 0 Å². The third kappa shape index (κ3) is 4.81. The van der Waals surface area contributed by atoms with Crippen LogP contribution in [0.4, 0.5) is 18.3 Å². The molecule has 0 aliphatic heterocycles. The van der Waals surface area contributed by atoms with Crippen molar-refractivity contribution in [2.24, 2.45) is 5.41 Å². The minimum atomic E-state index is -4.34. The summed E-state index contributed by atoms with van der Waals surface area (Å²) in [6.45, 7) is 6.26. The van der Waals surface area contributed by atoms with Crippen molar-refractivity contribution in [3.05, 3.63) is 11.1 Å². The van der Waals surface area contributed by atoms with Crippen molar-refractivity contribution in [1.29, 1.82) is 0 Å². The number of nitrogens with one attached hydrogen (secondary N) is 1. The highest BCUT2D eigenvalue weighted by atomic mass is 32.1. The maximum absolute atomic E-state index is 12.9. The molecule has 0 amide bonds. The van der Waals surface area contributed by atoms with Gasteiger partial charge in [-0.15, -0.1) is 11.3 Å². The molecule has 1 heterocycles. The highest BCUT2D eigenvalue weighted by Crippen LogP contribution is 2.36. The van der Waals surface area contributed by atoms with Gasteiger partial charge in [-0.1, -0.05) is 20.8 Å². The Morgan fingerprint density at radius 1 is 1.39 bits per heavy atom. The van der Waals surface area contributed by atoms with Crippen LogP contribution in [0.1, 0.15) is 38.1 Å². The third-order valence-corrected chi connectivity index (χ3v) is 3.27. The van der Waals surface area contributed by atoms with Gasteiger partial charge in [0.15, 0.2) is 5.13 Å². The zero-order valence-electron chi connectivity index (χ0n) is 10.6. The van der Waals surface area contributed by atoms with Gasteiger partial charge in [0.25, 0.3) is 0 Å². The molecule has 0 spiro atoms. The highest BCUT2D eigenvalue weighted by molar-refractivity contribution is 7.15. The minimum Gasteiger partial charge on any atom is -0.375 e. The monoisotopic (exact) mass is 281 g/mol. The highest BCUT2D eigenvalue weighted by Gasteiger charge is 2.41. The number of nitrogens with zero attached hydrogens (tertiary/aromatic N) is 1. The fourth-order valence-electron chi connectivity index (χ4n) is 1.40. The lowest BCUT2D eigenvalue weighted by atomic mass is 9.92. The number of hydrogen-bond acceptors (Lipinski definition) is 4. The molecule has 0 radical (unpaired) electrons. The molecule has 0 saturated carbocycles. The van der Waals surface area contributed by atoms with Crippen LogP contribution in [0.25, 0.3) is 0 Å². The molecule has 1 aromatic heterocycles. The molecular formula is C11H18F3N3S. The van der Waals surface area contributed by atoms with Crippen LogP contribution >= 0.6 is 11.3 Å². The minimum absolute atomic E-state index is 0.00409. The summed E-state index contributed by atoms with van der Waals surface area (Å²) in [6.07, 6.45) is -2.49. The maximum Gasteiger partial charge on any atom is 0.408 e. The third-order valence-electron chi connectivity index (χ3n) is 2.38. The summed E-state index contributed by atoms with van der Waals surface area (Å²) < 4.78 is 38.7. The number of halogens is 3. The first-order valence-electron chi connectivity index (χ1n) is 5.61. The summed E-state index contributed by atoms with van der Waals surface area (Å²) >= 11 is 0.865. The number of aromatic nitrogens is 1. The molecule has 0 saturated heterocycles. The van der Waals surface area contributed by atoms with E-state index in [1.807, 2.05) is 20.8 Å². The second kappa shape index (κ2) is 5.44. The normalized spacial score (nSPS) is 14.8. The van der Waals surface area contributed by atoms with Crippen molar-refractivity contribution in [1.82, 2.24) is 10.3 Å². The number of hydrogen-bond donors (Lipinski definition) is 2. The summed E-state index contributed by atoms with van der Waals surface area (Å²) in [7, 11) is 0. The van der Waals surface area contributed by atoms with Crippen molar-refractivity contribution in [2.45, 2.75) is 39.4 Å². The van der Waals surface area contributed by atoms with Gasteiger partial charge >= 0.3 is 6.18 Å². The topological polar surface area (TPSA) is 50.9 Å². The number of anilines is 1. The Balaban J connectivity index is 2.69. The van der Waals surface area contributed by atoms with Gasteiger partial charge in [-0.25, -0.2) is 4.98 Å². The quantitative estimate of drug-likeness (QED) is 0.889. The Morgan fingerprint density at radius 2 is 2.00 bits per heavy atom. The van der Waals surface area contributed by atoms with Gasteiger partial charge in [-0.3, -0.25) is 0 Å². The zero-order chi connectivity index (χ0) is 14.0. The van der Waals surface area contributed by atoms with Crippen LogP contribution in [-0.4, -0.2) is 17.7 Å². The molecule has 0 aliphatic carbocycles. The summed E-state index contributed by atoms with van der Waals surface area (Å²) in [4.78, 5) is 3.77. The van der Waals surface area contributed by atoms with E-state index in [0.29, 0.717) is 13.0 Å². The Morgan fingerprint density at radius 3 is 2.39 bits per heavy atom. The summed E-state index contributed by atoms with van der Waals surface area (Å²) in [5.41, 5.74) is 5.37. The fraction of sp³-hybridized carbons (Fsp3) is 0.727. The van der Waals surface area contributed by atoms with Gasteiger partial charge in [0.1, 0.15) is 6.04 Å². The van der Waals surface area contributed by atoms with Crippen molar-refractivity contribution >= 4 is 16.5 Å². The van der Waals surface area contributed by atoms with Crippen LogP contribution < -0.4 is 11.1 Å². The number of thiazole rings is 1. The predicted molar refractivity (Wildman–Crippen MR) is 67.4 cm³/mol. The molecule has 7 heteroatoms. The molecule has 0 fully saturated rings. The lowest BCUT2D eigenvalue weighted by molar-refractivity contribution is -0.157. The maximum atomic E-state index is 12.9. The first-order valence-corrected chi connectivity index (χ1v) is 6.42. The first kappa shape index (κ1) is 15.2. The zero-order valence-corrected chi connectivity index (χ0v) is 11.5. The first-order chi connectivity index (χ1) is 8.09. The van der Waals surface area contributed by atoms with Gasteiger partial charge < -0.3 is 11.1 Å². The lowest BCUT2D eigenvalue weighted by Crippen LogP contribution is -2.35. The van der Waals surface area contributed by atoms with E-state index in [9.17, 15) is 13.2 Å². The molecule has 0 bridgehead atoms. The largest absolute Gasteiger partial charge is 0.408 e. The molecule has 0 aliphatic rings. The second-order valence-corrected chi connectivity index (χ2v) is 6.43. The average molecular weight is 281 g/mol. The van der Waals surface area contributed by atoms with E-state index in [2.05, 4.69) is 10.3 Å². The van der Waals surface area contributed by atoms with E-state index < -0.39 is 12.2 Å². The predicted octanol–water partition coefficient (Wildman–Crippen LogP) is 3.35. The van der Waals surface area contributed by atoms with Crippen LogP contribution in [0.5, 0.6) is 0 Å². The van der Waals surface area contributed by atoms with Gasteiger partial charge in [0, 0.05) is 6.20 Å². The fourth-order valence-corrected chi connectivity index (χ4v) is 2.19. The van der Waals surface area contributed by atoms with Crippen molar-refractivity contribution in [2.75, 3.05) is 12.3 Å². The Kier molecular flexibility index (Phi) is 4.61. The Bertz CT molecular complexity index is 382. The van der Waals surface area contributed by atoms with E-state index in [4.69, 9.17) is 5.73 Å². The summed E-state index contributed by atoms with van der Waals surface area (Å²) in [5.74, 6) is 0. The van der Waals surface area contributed by atoms with Crippen LogP contribution in [0.2, 0.25) is 0 Å². The number of nitrogen functional groups attached to an aromatic ring is 1. The van der Waals surface area contributed by atoms with Crippen LogP contribution in [0, 0.1) is 5.41 Å². The molecule has 1 aromatic rings. The Labute approximate surface area is 109 Å². The molecule has 104 valence electrons. The van der Waals surface area contributed by atoms with E-state index in [0.717, 1.165) is 11.3 Å². The van der Waals surface area contributed by atoms with Gasteiger partial charge in [-0.05, 0) is 18.4 Å². The number of alkyl halides is 3. The second-order valence-electron chi connectivity index (χ2n) is 5.34. The molecule has 18 heavy (non-hydrogen) atoms. The molecule has 3 N–H and O–H groups in total. The van der Waals surface area contributed by atoms with E-state index in [1.165, 1.54) is 6.20 Å². The standard InChI is InChI=1S/C11H18F3N3S/c1-10(2,3)4-5-16-8(11(12,13)14)7-6-17-9(15)18-7/h6,8,16H,4-5H2,1-3H3,(H2,15,17). The Hall–Kier alpha value is -0.820. The molecule has 0 aromatic carbocycles. The summed E-state index contributed by atoms with van der Waals surface area (Å²) in [5, 5.41) is 2.69. The molecular weight excluding hydrogens is 263 g/mol. The lowest BCUT2D eigenvalue weighted by Gasteiger charge is -2.23.